The number of aryl methyl sites for hydroxylation is 2. The minimum absolute atomic E-state index is 0.0442. The Morgan fingerprint density at radius 3 is 2.62 bits per heavy atom. The fourth-order valence-electron chi connectivity index (χ4n) is 3.04. The van der Waals surface area contributed by atoms with Crippen molar-refractivity contribution in [2.45, 2.75) is 51.0 Å². The molecule has 0 saturated carbocycles. The number of hydrogen-bond donors (Lipinski definition) is 1. The Hall–Kier alpha value is -0.920. The summed E-state index contributed by atoms with van der Waals surface area (Å²) in [7, 11) is -1.71. The van der Waals surface area contributed by atoms with Gasteiger partial charge in [0.1, 0.15) is 4.90 Å². The van der Waals surface area contributed by atoms with E-state index in [-0.39, 0.29) is 6.04 Å². The van der Waals surface area contributed by atoms with Crippen molar-refractivity contribution >= 4 is 10.0 Å². The number of aromatic nitrogens is 2. The van der Waals surface area contributed by atoms with E-state index in [9.17, 15) is 8.42 Å². The highest BCUT2D eigenvalue weighted by Crippen LogP contribution is 2.26. The first-order chi connectivity index (χ1) is 9.89. The van der Waals surface area contributed by atoms with E-state index in [2.05, 4.69) is 10.4 Å². The molecule has 0 bridgehead atoms. The van der Waals surface area contributed by atoms with Crippen LogP contribution in [0.15, 0.2) is 4.90 Å². The van der Waals surface area contributed by atoms with Gasteiger partial charge in [-0.2, -0.15) is 9.40 Å². The first kappa shape index (κ1) is 16.5. The molecule has 1 atom stereocenters. The monoisotopic (exact) mass is 314 g/mol. The molecule has 120 valence electrons. The third-order valence-corrected chi connectivity index (χ3v) is 6.34. The summed E-state index contributed by atoms with van der Waals surface area (Å²) in [6.07, 6.45) is 2.75. The zero-order valence-corrected chi connectivity index (χ0v) is 14.2. The van der Waals surface area contributed by atoms with E-state index in [1.807, 2.05) is 13.8 Å². The molecule has 21 heavy (non-hydrogen) atoms. The zero-order valence-electron chi connectivity index (χ0n) is 13.4. The normalized spacial score (nSPS) is 20.1. The molecule has 1 aliphatic heterocycles. The molecule has 0 radical (unpaired) electrons. The van der Waals surface area contributed by atoms with Gasteiger partial charge in [0.25, 0.3) is 0 Å². The van der Waals surface area contributed by atoms with E-state index in [0.717, 1.165) is 32.4 Å². The molecule has 2 rings (SSSR count). The molecule has 1 fully saturated rings. The third-order valence-electron chi connectivity index (χ3n) is 4.13. The molecule has 7 heteroatoms. The van der Waals surface area contributed by atoms with E-state index >= 15 is 0 Å². The number of piperidine rings is 1. The minimum Gasteiger partial charge on any atom is -0.315 e. The van der Waals surface area contributed by atoms with Crippen LogP contribution in [0.3, 0.4) is 0 Å². The van der Waals surface area contributed by atoms with Gasteiger partial charge in [-0.1, -0.05) is 6.92 Å². The standard InChI is InChI=1S/C14H26N4O2S/c1-5-9-18(13-7-6-8-15-10-13)21(19,20)14-11(2)16-17(4)12(14)3/h13,15H,5-10H2,1-4H3. The van der Waals surface area contributed by atoms with Crippen LogP contribution < -0.4 is 5.32 Å². The Labute approximate surface area is 127 Å². The predicted molar refractivity (Wildman–Crippen MR) is 82.8 cm³/mol. The summed E-state index contributed by atoms with van der Waals surface area (Å²) in [4.78, 5) is 0.379. The van der Waals surface area contributed by atoms with Gasteiger partial charge in [0.05, 0.1) is 11.4 Å². The molecule has 2 heterocycles. The molecular formula is C14H26N4O2S. The van der Waals surface area contributed by atoms with Crippen LogP contribution in [0, 0.1) is 13.8 Å². The van der Waals surface area contributed by atoms with Crippen LogP contribution in [-0.2, 0) is 17.1 Å². The van der Waals surface area contributed by atoms with Crippen LogP contribution in [-0.4, -0.2) is 48.2 Å². The number of nitrogens with zero attached hydrogens (tertiary/aromatic N) is 3. The van der Waals surface area contributed by atoms with Crippen molar-refractivity contribution in [1.29, 1.82) is 0 Å². The number of hydrogen-bond acceptors (Lipinski definition) is 4. The smallest absolute Gasteiger partial charge is 0.247 e. The van der Waals surface area contributed by atoms with Gasteiger partial charge in [-0.3, -0.25) is 4.68 Å². The molecular weight excluding hydrogens is 288 g/mol. The molecule has 0 aliphatic carbocycles. The number of sulfonamides is 1. The van der Waals surface area contributed by atoms with E-state index in [1.54, 1.807) is 23.0 Å². The summed E-state index contributed by atoms with van der Waals surface area (Å²) in [6.45, 7) is 7.86. The fraction of sp³-hybridized carbons (Fsp3) is 0.786. The summed E-state index contributed by atoms with van der Waals surface area (Å²) >= 11 is 0. The first-order valence-corrected chi connectivity index (χ1v) is 9.06. The molecule has 1 N–H and O–H groups in total. The quantitative estimate of drug-likeness (QED) is 0.886. The molecule has 1 saturated heterocycles. The summed E-state index contributed by atoms with van der Waals surface area (Å²) in [6, 6.07) is 0.0442. The van der Waals surface area contributed by atoms with Crippen LogP contribution in [0.1, 0.15) is 37.6 Å². The van der Waals surface area contributed by atoms with Crippen molar-refractivity contribution < 1.29 is 8.42 Å². The summed E-state index contributed by atoms with van der Waals surface area (Å²) < 4.78 is 29.6. The fourth-order valence-corrected chi connectivity index (χ4v) is 5.19. The van der Waals surface area contributed by atoms with Crippen molar-refractivity contribution in [2.24, 2.45) is 7.05 Å². The maximum atomic E-state index is 13.1. The van der Waals surface area contributed by atoms with E-state index in [0.29, 0.717) is 22.8 Å². The second-order valence-electron chi connectivity index (χ2n) is 5.74. The average molecular weight is 314 g/mol. The minimum atomic E-state index is -3.49. The van der Waals surface area contributed by atoms with Gasteiger partial charge in [0.2, 0.25) is 10.0 Å². The lowest BCUT2D eigenvalue weighted by Gasteiger charge is -2.33. The van der Waals surface area contributed by atoms with Crippen LogP contribution in [0.2, 0.25) is 0 Å². The molecule has 1 aliphatic rings. The summed E-state index contributed by atoms with van der Waals surface area (Å²) in [5.74, 6) is 0. The molecule has 1 aromatic rings. The maximum absolute atomic E-state index is 13.1. The van der Waals surface area contributed by atoms with Gasteiger partial charge < -0.3 is 5.32 Å². The Morgan fingerprint density at radius 2 is 2.14 bits per heavy atom. The van der Waals surface area contributed by atoms with Gasteiger partial charge in [-0.15, -0.1) is 0 Å². The van der Waals surface area contributed by atoms with Gasteiger partial charge in [0.15, 0.2) is 0 Å². The SMILES string of the molecule is CCCN(C1CCCNC1)S(=O)(=O)c1c(C)nn(C)c1C. The van der Waals surface area contributed by atoms with Gasteiger partial charge in [-0.25, -0.2) is 8.42 Å². The Kier molecular flexibility index (Phi) is 5.06. The van der Waals surface area contributed by atoms with E-state index < -0.39 is 10.0 Å². The Balaban J connectivity index is 2.41. The third kappa shape index (κ3) is 3.14. The Morgan fingerprint density at radius 1 is 1.43 bits per heavy atom. The molecule has 1 aromatic heterocycles. The summed E-state index contributed by atoms with van der Waals surface area (Å²) in [5.41, 5.74) is 1.29. The van der Waals surface area contributed by atoms with Crippen molar-refractivity contribution in [3.63, 3.8) is 0 Å². The summed E-state index contributed by atoms with van der Waals surface area (Å²) in [5, 5.41) is 7.56. The molecule has 0 amide bonds. The molecule has 1 unspecified atom stereocenters. The van der Waals surface area contributed by atoms with Crippen molar-refractivity contribution in [1.82, 2.24) is 19.4 Å². The number of nitrogens with one attached hydrogen (secondary N) is 1. The lowest BCUT2D eigenvalue weighted by Crippen LogP contribution is -2.49. The highest BCUT2D eigenvalue weighted by atomic mass is 32.2. The first-order valence-electron chi connectivity index (χ1n) is 7.62. The predicted octanol–water partition coefficient (Wildman–Crippen LogP) is 1.19. The zero-order chi connectivity index (χ0) is 15.6. The van der Waals surface area contributed by atoms with E-state index in [1.165, 1.54) is 0 Å². The van der Waals surface area contributed by atoms with Crippen LogP contribution >= 0.6 is 0 Å². The van der Waals surface area contributed by atoms with Crippen molar-refractivity contribution in [2.75, 3.05) is 19.6 Å². The van der Waals surface area contributed by atoms with Crippen molar-refractivity contribution in [3.05, 3.63) is 11.4 Å². The lowest BCUT2D eigenvalue weighted by molar-refractivity contribution is 0.266. The van der Waals surface area contributed by atoms with E-state index in [4.69, 9.17) is 0 Å². The highest BCUT2D eigenvalue weighted by molar-refractivity contribution is 7.89. The molecule has 0 spiro atoms. The second kappa shape index (κ2) is 6.46. The second-order valence-corrected chi connectivity index (χ2v) is 7.57. The molecule has 6 nitrogen and oxygen atoms in total. The van der Waals surface area contributed by atoms with Crippen LogP contribution in [0.4, 0.5) is 0 Å². The van der Waals surface area contributed by atoms with Crippen LogP contribution in [0.25, 0.3) is 0 Å². The van der Waals surface area contributed by atoms with Gasteiger partial charge >= 0.3 is 0 Å². The van der Waals surface area contributed by atoms with Crippen molar-refractivity contribution in [3.8, 4) is 0 Å². The Bertz CT molecular complexity index is 588. The largest absolute Gasteiger partial charge is 0.315 e. The highest BCUT2D eigenvalue weighted by Gasteiger charge is 2.35. The average Bonchev–Trinajstić information content (AvgIpc) is 2.70. The van der Waals surface area contributed by atoms with Gasteiger partial charge in [0, 0.05) is 26.2 Å². The number of rotatable bonds is 5. The maximum Gasteiger partial charge on any atom is 0.247 e. The van der Waals surface area contributed by atoms with Crippen LogP contribution in [0.5, 0.6) is 0 Å². The lowest BCUT2D eigenvalue weighted by atomic mass is 10.1. The molecule has 0 aromatic carbocycles. The van der Waals surface area contributed by atoms with Gasteiger partial charge in [-0.05, 0) is 39.7 Å². The topological polar surface area (TPSA) is 67.2 Å².